The molecule has 0 aliphatic rings. The van der Waals surface area contributed by atoms with Crippen LogP contribution in [0.2, 0.25) is 0 Å². The first kappa shape index (κ1) is 7.56. The number of H-pyrrole nitrogens is 1. The maximum absolute atomic E-state index is 3.26. The number of rotatable bonds is 1. The molecule has 1 aromatic heterocycles. The van der Waals surface area contributed by atoms with Gasteiger partial charge >= 0.3 is 0 Å². The normalized spacial score (nSPS) is 11.1. The number of aromatic nitrogens is 1. The van der Waals surface area contributed by atoms with Crippen molar-refractivity contribution in [1.82, 2.24) is 4.98 Å². The van der Waals surface area contributed by atoms with Gasteiger partial charge in [-0.1, -0.05) is 0 Å². The molecule has 0 radical (unpaired) electrons. The fourth-order valence-electron chi connectivity index (χ4n) is 1.02. The van der Waals surface area contributed by atoms with E-state index in [4.69, 9.17) is 0 Å². The molecule has 0 amide bonds. The lowest BCUT2D eigenvalue weighted by molar-refractivity contribution is 1.19. The van der Waals surface area contributed by atoms with Gasteiger partial charge in [0.05, 0.1) is 0 Å². The fourth-order valence-corrected chi connectivity index (χ4v) is 1.57. The molecule has 2 heteroatoms. The average Bonchev–Trinajstić information content (AvgIpc) is 2.13. The van der Waals surface area contributed by atoms with Crippen molar-refractivity contribution in [2.75, 3.05) is 6.66 Å². The molecule has 1 nitrogen and oxygen atoms in total. The van der Waals surface area contributed by atoms with E-state index in [1.54, 1.807) is 0 Å². The van der Waals surface area contributed by atoms with Crippen molar-refractivity contribution in [3.8, 4) is 0 Å². The molecule has 0 saturated carbocycles. The van der Waals surface area contributed by atoms with Gasteiger partial charge in [0.2, 0.25) is 0 Å². The van der Waals surface area contributed by atoms with Crippen LogP contribution in [-0.2, 0) is 0 Å². The van der Waals surface area contributed by atoms with Crippen LogP contribution in [-0.4, -0.2) is 17.4 Å². The fraction of sp³-hybridized carbons (Fsp3) is 0.375. The van der Waals surface area contributed by atoms with E-state index in [2.05, 4.69) is 37.4 Å². The summed E-state index contributed by atoms with van der Waals surface area (Å²) in [4.78, 5) is 3.26. The minimum atomic E-state index is 1.24. The third-order valence-electron chi connectivity index (χ3n) is 1.46. The van der Waals surface area contributed by atoms with E-state index in [1.807, 2.05) is 0 Å². The van der Waals surface area contributed by atoms with Gasteiger partial charge in [-0.25, -0.2) is 0 Å². The molecular formula is C8H12NP. The zero-order chi connectivity index (χ0) is 7.56. The first-order valence-electron chi connectivity index (χ1n) is 3.32. The number of hydrogen-bond acceptors (Lipinski definition) is 0. The summed E-state index contributed by atoms with van der Waals surface area (Å²) in [6.07, 6.45) is 0. The van der Waals surface area contributed by atoms with Crippen molar-refractivity contribution in [1.29, 1.82) is 0 Å². The van der Waals surface area contributed by atoms with E-state index < -0.39 is 0 Å². The molecule has 1 aromatic rings. The number of hydrogen-bond donors (Lipinski definition) is 1. The minimum absolute atomic E-state index is 1.24. The Kier molecular flexibility index (Phi) is 2.29. The molecule has 0 aromatic carbocycles. The number of aryl methyl sites for hydroxylation is 2. The van der Waals surface area contributed by atoms with E-state index in [0.29, 0.717) is 0 Å². The lowest BCUT2D eigenvalue weighted by Gasteiger charge is -1.85. The second-order valence-electron chi connectivity index (χ2n) is 2.42. The van der Waals surface area contributed by atoms with Crippen molar-refractivity contribution < 1.29 is 0 Å². The highest BCUT2D eigenvalue weighted by atomic mass is 31.1. The smallest absolute Gasteiger partial charge is 0.0194 e. The quantitative estimate of drug-likeness (QED) is 0.596. The Labute approximate surface area is 63.3 Å². The van der Waals surface area contributed by atoms with Crippen LogP contribution in [0.1, 0.15) is 17.0 Å². The SMILES string of the molecule is CP=Cc1cc(C)[nH]c1C. The lowest BCUT2D eigenvalue weighted by atomic mass is 10.3. The van der Waals surface area contributed by atoms with Crippen LogP contribution in [0.3, 0.4) is 0 Å². The molecule has 0 aliphatic heterocycles. The molecule has 1 rings (SSSR count). The van der Waals surface area contributed by atoms with Gasteiger partial charge in [0.25, 0.3) is 0 Å². The third-order valence-corrected chi connectivity index (χ3v) is 1.99. The first-order chi connectivity index (χ1) is 4.74. The topological polar surface area (TPSA) is 15.8 Å². The highest BCUT2D eigenvalue weighted by Crippen LogP contribution is 2.07. The predicted octanol–water partition coefficient (Wildman–Crippen LogP) is 2.36. The van der Waals surface area contributed by atoms with Gasteiger partial charge in [0.1, 0.15) is 0 Å². The van der Waals surface area contributed by atoms with E-state index in [9.17, 15) is 0 Å². The van der Waals surface area contributed by atoms with Gasteiger partial charge in [0.15, 0.2) is 0 Å². The molecule has 0 fully saturated rings. The second kappa shape index (κ2) is 3.03. The van der Waals surface area contributed by atoms with Crippen LogP contribution in [0.5, 0.6) is 0 Å². The summed E-state index contributed by atoms with van der Waals surface area (Å²) in [5.41, 5.74) is 3.85. The van der Waals surface area contributed by atoms with Gasteiger partial charge in [-0.2, -0.15) is 0 Å². The maximum atomic E-state index is 3.26. The van der Waals surface area contributed by atoms with Gasteiger partial charge in [-0.15, -0.1) is 8.20 Å². The summed E-state index contributed by atoms with van der Waals surface area (Å²) in [6, 6.07) is 2.17. The van der Waals surface area contributed by atoms with Crippen LogP contribution in [0, 0.1) is 13.8 Å². The average molecular weight is 153 g/mol. The van der Waals surface area contributed by atoms with Gasteiger partial charge < -0.3 is 4.98 Å². The Bertz CT molecular complexity index is 248. The summed E-state index contributed by atoms with van der Waals surface area (Å²) in [5, 5.41) is 0. The Morgan fingerprint density at radius 2 is 2.20 bits per heavy atom. The maximum Gasteiger partial charge on any atom is 0.0194 e. The largest absolute Gasteiger partial charge is 0.362 e. The number of nitrogens with one attached hydrogen (secondary N) is 1. The lowest BCUT2D eigenvalue weighted by Crippen LogP contribution is -1.77. The molecule has 1 heterocycles. The van der Waals surface area contributed by atoms with Gasteiger partial charge in [-0.05, 0) is 37.9 Å². The van der Waals surface area contributed by atoms with Crippen molar-refractivity contribution >= 4 is 14.0 Å². The second-order valence-corrected chi connectivity index (χ2v) is 3.19. The highest BCUT2D eigenvalue weighted by molar-refractivity contribution is 7.38. The van der Waals surface area contributed by atoms with E-state index in [1.165, 1.54) is 25.2 Å². The van der Waals surface area contributed by atoms with E-state index in [0.717, 1.165) is 0 Å². The molecule has 0 aliphatic carbocycles. The zero-order valence-electron chi connectivity index (χ0n) is 6.60. The van der Waals surface area contributed by atoms with Gasteiger partial charge in [-0.3, -0.25) is 0 Å². The Hall–Kier alpha value is -0.550. The zero-order valence-corrected chi connectivity index (χ0v) is 7.50. The van der Waals surface area contributed by atoms with Crippen LogP contribution in [0.15, 0.2) is 6.07 Å². The van der Waals surface area contributed by atoms with Crippen LogP contribution < -0.4 is 0 Å². The Morgan fingerprint density at radius 1 is 1.50 bits per heavy atom. The highest BCUT2D eigenvalue weighted by Gasteiger charge is 1.95. The Balaban J connectivity index is 3.03. The molecule has 1 N–H and O–H groups in total. The van der Waals surface area contributed by atoms with Crippen molar-refractivity contribution in [2.24, 2.45) is 0 Å². The van der Waals surface area contributed by atoms with Gasteiger partial charge in [0, 0.05) is 11.4 Å². The van der Waals surface area contributed by atoms with Crippen LogP contribution >= 0.6 is 8.20 Å². The van der Waals surface area contributed by atoms with Crippen molar-refractivity contribution in [2.45, 2.75) is 13.8 Å². The summed E-state index contributed by atoms with van der Waals surface area (Å²) in [6.45, 7) is 6.31. The monoisotopic (exact) mass is 153 g/mol. The summed E-state index contributed by atoms with van der Waals surface area (Å²) in [5.74, 6) is 2.21. The molecule has 0 saturated heterocycles. The van der Waals surface area contributed by atoms with Crippen molar-refractivity contribution in [3.63, 3.8) is 0 Å². The number of aromatic amines is 1. The van der Waals surface area contributed by atoms with Crippen LogP contribution in [0.4, 0.5) is 0 Å². The van der Waals surface area contributed by atoms with Crippen molar-refractivity contribution in [3.05, 3.63) is 23.0 Å². The molecular weight excluding hydrogens is 141 g/mol. The van der Waals surface area contributed by atoms with Crippen LogP contribution in [0.25, 0.3) is 0 Å². The molecule has 10 heavy (non-hydrogen) atoms. The Morgan fingerprint density at radius 3 is 2.60 bits per heavy atom. The molecule has 0 bridgehead atoms. The first-order valence-corrected chi connectivity index (χ1v) is 4.73. The third kappa shape index (κ3) is 1.48. The summed E-state index contributed by atoms with van der Waals surface area (Å²) in [7, 11) is 1.32. The van der Waals surface area contributed by atoms with E-state index >= 15 is 0 Å². The molecule has 0 unspecified atom stereocenters. The summed E-state index contributed by atoms with van der Waals surface area (Å²) < 4.78 is 0. The molecule has 0 atom stereocenters. The van der Waals surface area contributed by atoms with E-state index in [-0.39, 0.29) is 0 Å². The minimum Gasteiger partial charge on any atom is -0.362 e. The predicted molar refractivity (Wildman–Crippen MR) is 48.3 cm³/mol. The molecule has 0 spiro atoms. The molecule has 54 valence electrons. The standard InChI is InChI=1S/C8H12NP/c1-6-4-8(5-10-3)7(2)9-6/h4-5,9H,1-3H3. The summed E-state index contributed by atoms with van der Waals surface area (Å²) >= 11 is 0.